The Kier molecular flexibility index (Phi) is 18.6. The Labute approximate surface area is 184 Å². The molecule has 0 radical (unpaired) electrons. The maximum absolute atomic E-state index is 11.7. The minimum Gasteiger partial charge on any atom is -0.394 e. The number of ketones is 2. The lowest BCUT2D eigenvalue weighted by atomic mass is 10.0. The lowest BCUT2D eigenvalue weighted by molar-refractivity contribution is -0.168. The third-order valence-electron chi connectivity index (χ3n) is 4.27. The third-order valence-corrected chi connectivity index (χ3v) is 4.27. The van der Waals surface area contributed by atoms with Gasteiger partial charge in [0, 0.05) is 25.7 Å². The number of nitrogens with two attached hydrogens (primary N) is 1. The molecule has 0 aromatic rings. The number of hydrogen-bond acceptors (Lipinski definition) is 8. The predicted octanol–water partition coefficient (Wildman–Crippen LogP) is 1.57. The molecule has 0 fully saturated rings. The van der Waals surface area contributed by atoms with E-state index in [9.17, 15) is 19.6 Å². The van der Waals surface area contributed by atoms with Crippen molar-refractivity contribution in [2.24, 2.45) is 11.7 Å². The smallest absolute Gasteiger partial charge is 0.394 e. The molecule has 0 saturated heterocycles. The van der Waals surface area contributed by atoms with Gasteiger partial charge in [-0.05, 0) is 25.2 Å². The van der Waals surface area contributed by atoms with E-state index in [2.05, 4.69) is 13.8 Å². The summed E-state index contributed by atoms with van der Waals surface area (Å²) >= 11 is 0. The number of Topliss-reactive ketones (excluding diaryl/α,β-unsaturated/α-hetero) is 2. The van der Waals surface area contributed by atoms with Crippen LogP contribution in [0.4, 0.5) is 0 Å². The highest BCUT2D eigenvalue weighted by atomic mass is 32.3. The highest BCUT2D eigenvalue weighted by Crippen LogP contribution is 2.11. The van der Waals surface area contributed by atoms with E-state index in [0.29, 0.717) is 36.0 Å². The summed E-state index contributed by atoms with van der Waals surface area (Å²) in [6, 6.07) is -1.16. The van der Waals surface area contributed by atoms with Crippen LogP contribution >= 0.6 is 0 Å². The molecule has 0 aliphatic rings. The van der Waals surface area contributed by atoms with Crippen molar-refractivity contribution in [2.45, 2.75) is 84.1 Å². The van der Waals surface area contributed by atoms with Gasteiger partial charge in [0.15, 0.2) is 0 Å². The molecule has 6 N–H and O–H groups in total. The Balaban J connectivity index is 0. The second-order valence-electron chi connectivity index (χ2n) is 7.73. The molecule has 0 bridgehead atoms. The van der Waals surface area contributed by atoms with Crippen LogP contribution in [0.5, 0.6) is 0 Å². The van der Waals surface area contributed by atoms with Gasteiger partial charge < -0.3 is 10.8 Å². The molecule has 0 aromatic carbocycles. The molecule has 31 heavy (non-hydrogen) atoms. The van der Waals surface area contributed by atoms with Crippen molar-refractivity contribution >= 4 is 27.9 Å². The van der Waals surface area contributed by atoms with Crippen molar-refractivity contribution < 1.29 is 42.2 Å². The van der Waals surface area contributed by atoms with E-state index >= 15 is 0 Å². The van der Waals surface area contributed by atoms with Crippen LogP contribution in [0.1, 0.15) is 78.1 Å². The molecule has 0 spiro atoms. The molecule has 11 nitrogen and oxygen atoms in total. The van der Waals surface area contributed by atoms with Crippen LogP contribution in [-0.4, -0.2) is 69.6 Å². The summed E-state index contributed by atoms with van der Waals surface area (Å²) in [7, 11) is -4.67. The first-order valence-corrected chi connectivity index (χ1v) is 11.8. The van der Waals surface area contributed by atoms with Crippen molar-refractivity contribution in [3.63, 3.8) is 0 Å². The van der Waals surface area contributed by atoms with Gasteiger partial charge in [0.25, 0.3) is 5.91 Å². The minimum atomic E-state index is -4.67. The fraction of sp³-hybridized carbons (Fsp3) is 0.842. The molecule has 0 heterocycles. The normalized spacial score (nSPS) is 12.1. The van der Waals surface area contributed by atoms with Gasteiger partial charge in [0.2, 0.25) is 0 Å². The number of carbonyl (C=O) groups is 3. The van der Waals surface area contributed by atoms with Crippen molar-refractivity contribution in [3.8, 4) is 0 Å². The number of amides is 1. The monoisotopic (exact) mass is 470 g/mol. The number of unbranched alkanes of at least 4 members (excludes halogenated alkanes) is 3. The van der Waals surface area contributed by atoms with Crippen LogP contribution in [0, 0.1) is 5.92 Å². The standard InChI is InChI=1S/C19H36N2O5.H2O4S/c1-15(2)8-7-11-16(23)9-5-3-4-6-10-17(24)12-13-21(26)19(25)18(20)14-22;1-5(2,3)4/h15,18,22,26H,3-14,20H2,1-2H3;(H2,1,2,3,4). The molecule has 1 amide bonds. The SMILES string of the molecule is CC(C)CCCC(=O)CCCCCCC(=O)CCN(O)C(=O)C(N)CO.O=S(=O)(O)O. The molecular weight excluding hydrogens is 432 g/mol. The summed E-state index contributed by atoms with van der Waals surface area (Å²) < 4.78 is 31.6. The molecule has 1 atom stereocenters. The zero-order chi connectivity index (χ0) is 24.4. The van der Waals surface area contributed by atoms with Crippen molar-refractivity contribution in [2.75, 3.05) is 13.2 Å². The summed E-state index contributed by atoms with van der Waals surface area (Å²) in [5.41, 5.74) is 5.30. The molecular formula is C19H38N2O9S. The van der Waals surface area contributed by atoms with E-state index in [1.807, 2.05) is 0 Å². The first kappa shape index (κ1) is 31.7. The van der Waals surface area contributed by atoms with E-state index in [-0.39, 0.29) is 18.7 Å². The number of aliphatic hydroxyl groups excluding tert-OH is 1. The molecule has 0 aliphatic heterocycles. The van der Waals surface area contributed by atoms with Crippen LogP contribution < -0.4 is 5.73 Å². The van der Waals surface area contributed by atoms with E-state index in [0.717, 1.165) is 38.5 Å². The quantitative estimate of drug-likeness (QED) is 0.0955. The van der Waals surface area contributed by atoms with Gasteiger partial charge in [0.05, 0.1) is 13.2 Å². The first-order chi connectivity index (χ1) is 14.3. The van der Waals surface area contributed by atoms with Crippen LogP contribution in [-0.2, 0) is 24.8 Å². The van der Waals surface area contributed by atoms with E-state index in [4.69, 9.17) is 28.4 Å². The average Bonchev–Trinajstić information content (AvgIpc) is 2.65. The molecule has 0 saturated carbocycles. The van der Waals surface area contributed by atoms with Gasteiger partial charge in [-0.2, -0.15) is 8.42 Å². The van der Waals surface area contributed by atoms with Gasteiger partial charge >= 0.3 is 10.4 Å². The molecule has 0 aromatic heterocycles. The van der Waals surface area contributed by atoms with Crippen LogP contribution in [0.25, 0.3) is 0 Å². The van der Waals surface area contributed by atoms with Gasteiger partial charge in [-0.3, -0.25) is 28.7 Å². The van der Waals surface area contributed by atoms with Crippen LogP contribution in [0.2, 0.25) is 0 Å². The Bertz CT molecular complexity index is 616. The van der Waals surface area contributed by atoms with Crippen LogP contribution in [0.15, 0.2) is 0 Å². The van der Waals surface area contributed by atoms with Crippen molar-refractivity contribution in [3.05, 3.63) is 0 Å². The van der Waals surface area contributed by atoms with Crippen LogP contribution in [0.3, 0.4) is 0 Å². The molecule has 1 unspecified atom stereocenters. The van der Waals surface area contributed by atoms with Crippen molar-refractivity contribution in [1.29, 1.82) is 0 Å². The number of hydroxylamine groups is 2. The first-order valence-electron chi connectivity index (χ1n) is 10.4. The fourth-order valence-corrected chi connectivity index (χ4v) is 2.57. The fourth-order valence-electron chi connectivity index (χ4n) is 2.57. The Morgan fingerprint density at radius 1 is 0.871 bits per heavy atom. The Morgan fingerprint density at radius 3 is 1.71 bits per heavy atom. The summed E-state index contributed by atoms with van der Waals surface area (Å²) in [6.07, 6.45) is 7.26. The van der Waals surface area contributed by atoms with E-state index in [1.165, 1.54) is 0 Å². The van der Waals surface area contributed by atoms with Gasteiger partial charge in [-0.1, -0.05) is 33.1 Å². The van der Waals surface area contributed by atoms with Gasteiger partial charge in [-0.25, -0.2) is 5.06 Å². The van der Waals surface area contributed by atoms with Crippen molar-refractivity contribution in [1.82, 2.24) is 5.06 Å². The molecule has 0 aliphatic carbocycles. The summed E-state index contributed by atoms with van der Waals surface area (Å²) in [5, 5.41) is 18.6. The predicted molar refractivity (Wildman–Crippen MR) is 114 cm³/mol. The highest BCUT2D eigenvalue weighted by Gasteiger charge is 2.19. The molecule has 0 rings (SSSR count). The second-order valence-corrected chi connectivity index (χ2v) is 8.62. The van der Waals surface area contributed by atoms with E-state index < -0.39 is 29.0 Å². The number of carbonyl (C=O) groups excluding carboxylic acids is 3. The minimum absolute atomic E-state index is 0.0285. The summed E-state index contributed by atoms with van der Waals surface area (Å²) in [4.78, 5) is 34.9. The number of nitrogens with zero attached hydrogens (tertiary/aromatic N) is 1. The Hall–Kier alpha value is -1.44. The number of rotatable bonds is 16. The zero-order valence-electron chi connectivity index (χ0n) is 18.4. The zero-order valence-corrected chi connectivity index (χ0v) is 19.2. The largest absolute Gasteiger partial charge is 0.394 e. The maximum Gasteiger partial charge on any atom is 0.394 e. The summed E-state index contributed by atoms with van der Waals surface area (Å²) in [5.74, 6) is 0.149. The average molecular weight is 471 g/mol. The molecule has 12 heteroatoms. The maximum atomic E-state index is 11.7. The number of aliphatic hydroxyl groups is 1. The molecule has 184 valence electrons. The Morgan fingerprint density at radius 2 is 1.29 bits per heavy atom. The summed E-state index contributed by atoms with van der Waals surface area (Å²) in [6.45, 7) is 3.65. The highest BCUT2D eigenvalue weighted by molar-refractivity contribution is 7.79. The van der Waals surface area contributed by atoms with E-state index in [1.54, 1.807) is 0 Å². The lowest BCUT2D eigenvalue weighted by Gasteiger charge is -2.17. The third kappa shape index (κ3) is 24.7. The number of hydrogen-bond donors (Lipinski definition) is 5. The van der Waals surface area contributed by atoms with Gasteiger partial charge in [-0.15, -0.1) is 0 Å². The topological polar surface area (TPSA) is 196 Å². The van der Waals surface area contributed by atoms with Gasteiger partial charge in [0.1, 0.15) is 17.6 Å². The second kappa shape index (κ2) is 18.2. The lowest BCUT2D eigenvalue weighted by Crippen LogP contribution is -2.44.